The maximum absolute atomic E-state index is 12.8. The Morgan fingerprint density at radius 2 is 1.88 bits per heavy atom. The summed E-state index contributed by atoms with van der Waals surface area (Å²) >= 11 is 1.62. The number of rotatable bonds is 5. The van der Waals surface area contributed by atoms with Gasteiger partial charge in [0.15, 0.2) is 5.76 Å². The molecule has 3 heterocycles. The van der Waals surface area contributed by atoms with Crippen molar-refractivity contribution in [1.82, 2.24) is 10.1 Å². The van der Waals surface area contributed by atoms with Gasteiger partial charge >= 0.3 is 0 Å². The Balaban J connectivity index is 1.34. The number of carbonyl (C=O) groups is 1. The van der Waals surface area contributed by atoms with Crippen molar-refractivity contribution in [3.63, 3.8) is 0 Å². The maximum atomic E-state index is 12.8. The molecule has 0 atom stereocenters. The van der Waals surface area contributed by atoms with Crippen molar-refractivity contribution in [3.8, 4) is 22.2 Å². The van der Waals surface area contributed by atoms with Crippen LogP contribution in [0.3, 0.4) is 0 Å². The Bertz CT molecular complexity index is 1430. The molecule has 0 aliphatic carbocycles. The molecule has 5 aromatic rings. The van der Waals surface area contributed by atoms with Crippen molar-refractivity contribution in [2.45, 2.75) is 27.2 Å². The molecule has 7 heteroatoms. The van der Waals surface area contributed by atoms with E-state index < -0.39 is 0 Å². The number of amides is 1. The van der Waals surface area contributed by atoms with Crippen molar-refractivity contribution in [3.05, 3.63) is 76.4 Å². The SMILES string of the molecule is CCc1ccc2oc(C(=O)Nc3ccc(-c4nc(-c5ccc(C)s5)no4)cc3)c(C)c2c1. The average Bonchev–Trinajstić information content (AvgIpc) is 3.53. The van der Waals surface area contributed by atoms with Crippen LogP contribution in [0.1, 0.15) is 33.5 Å². The van der Waals surface area contributed by atoms with Crippen LogP contribution in [0.5, 0.6) is 0 Å². The number of aromatic nitrogens is 2. The summed E-state index contributed by atoms with van der Waals surface area (Å²) in [5.41, 5.74) is 4.20. The summed E-state index contributed by atoms with van der Waals surface area (Å²) in [6.45, 7) is 6.05. The predicted octanol–water partition coefficient (Wildman–Crippen LogP) is 6.64. The molecule has 0 radical (unpaired) electrons. The molecule has 6 nitrogen and oxygen atoms in total. The third-order valence-corrected chi connectivity index (χ3v) is 6.39. The van der Waals surface area contributed by atoms with E-state index in [1.807, 2.05) is 50.2 Å². The number of anilines is 1. The lowest BCUT2D eigenvalue weighted by Gasteiger charge is -2.04. The first-order chi connectivity index (χ1) is 15.5. The van der Waals surface area contributed by atoms with Crippen LogP contribution in [0.25, 0.3) is 33.1 Å². The van der Waals surface area contributed by atoms with Crippen LogP contribution in [-0.2, 0) is 6.42 Å². The number of benzene rings is 2. The van der Waals surface area contributed by atoms with Crippen LogP contribution >= 0.6 is 11.3 Å². The van der Waals surface area contributed by atoms with E-state index in [0.717, 1.165) is 27.8 Å². The summed E-state index contributed by atoms with van der Waals surface area (Å²) in [7, 11) is 0. The second-order valence-corrected chi connectivity index (χ2v) is 8.89. The molecule has 160 valence electrons. The molecule has 1 amide bonds. The average molecular weight is 444 g/mol. The lowest BCUT2D eigenvalue weighted by molar-refractivity contribution is 0.0998. The number of nitrogens with zero attached hydrogens (tertiary/aromatic N) is 2. The summed E-state index contributed by atoms with van der Waals surface area (Å²) in [5, 5.41) is 7.95. The van der Waals surface area contributed by atoms with Crippen LogP contribution in [0, 0.1) is 13.8 Å². The molecular weight excluding hydrogens is 422 g/mol. The third kappa shape index (κ3) is 3.71. The fourth-order valence-corrected chi connectivity index (χ4v) is 4.38. The number of aryl methyl sites for hydroxylation is 3. The lowest BCUT2D eigenvalue weighted by Crippen LogP contribution is -2.12. The highest BCUT2D eigenvalue weighted by molar-refractivity contribution is 7.15. The molecule has 0 saturated carbocycles. The van der Waals surface area contributed by atoms with E-state index in [9.17, 15) is 4.79 Å². The van der Waals surface area contributed by atoms with Gasteiger partial charge in [0, 0.05) is 27.1 Å². The number of furan rings is 1. The Hall–Kier alpha value is -3.71. The zero-order valence-corrected chi connectivity index (χ0v) is 18.7. The summed E-state index contributed by atoms with van der Waals surface area (Å²) in [4.78, 5) is 19.5. The van der Waals surface area contributed by atoms with E-state index in [4.69, 9.17) is 8.94 Å². The second-order valence-electron chi connectivity index (χ2n) is 7.61. The van der Waals surface area contributed by atoms with Crippen molar-refractivity contribution in [2.24, 2.45) is 0 Å². The van der Waals surface area contributed by atoms with Crippen molar-refractivity contribution in [2.75, 3.05) is 5.32 Å². The van der Waals surface area contributed by atoms with Crippen LogP contribution in [0.2, 0.25) is 0 Å². The zero-order valence-electron chi connectivity index (χ0n) is 17.9. The molecular formula is C25H21N3O3S. The number of fused-ring (bicyclic) bond motifs is 1. The molecule has 2 aromatic carbocycles. The Morgan fingerprint density at radius 3 is 2.59 bits per heavy atom. The summed E-state index contributed by atoms with van der Waals surface area (Å²) in [6.07, 6.45) is 0.933. The van der Waals surface area contributed by atoms with Gasteiger partial charge < -0.3 is 14.3 Å². The van der Waals surface area contributed by atoms with E-state index >= 15 is 0 Å². The van der Waals surface area contributed by atoms with Crippen LogP contribution in [-0.4, -0.2) is 16.0 Å². The molecule has 32 heavy (non-hydrogen) atoms. The molecule has 0 fully saturated rings. The van der Waals surface area contributed by atoms with Gasteiger partial charge in [0.05, 0.1) is 4.88 Å². The zero-order chi connectivity index (χ0) is 22.2. The fourth-order valence-electron chi connectivity index (χ4n) is 3.58. The van der Waals surface area contributed by atoms with Gasteiger partial charge in [0.2, 0.25) is 5.82 Å². The molecule has 0 bridgehead atoms. The van der Waals surface area contributed by atoms with Gasteiger partial charge in [-0.05, 0) is 74.4 Å². The first-order valence-corrected chi connectivity index (χ1v) is 11.2. The molecule has 0 spiro atoms. The number of carbonyl (C=O) groups excluding carboxylic acids is 1. The topological polar surface area (TPSA) is 81.2 Å². The Morgan fingerprint density at radius 1 is 1.06 bits per heavy atom. The normalized spacial score (nSPS) is 11.2. The van der Waals surface area contributed by atoms with Gasteiger partial charge in [-0.1, -0.05) is 18.1 Å². The van der Waals surface area contributed by atoms with Crippen LogP contribution in [0.4, 0.5) is 5.69 Å². The van der Waals surface area contributed by atoms with E-state index in [2.05, 4.69) is 28.4 Å². The highest BCUT2D eigenvalue weighted by atomic mass is 32.1. The molecule has 3 aromatic heterocycles. The van der Waals surface area contributed by atoms with Crippen LogP contribution < -0.4 is 5.32 Å². The quantitative estimate of drug-likeness (QED) is 0.329. The fraction of sp³-hybridized carbons (Fsp3) is 0.160. The van der Waals surface area contributed by atoms with E-state index in [-0.39, 0.29) is 5.91 Å². The minimum atomic E-state index is -0.280. The predicted molar refractivity (Wildman–Crippen MR) is 126 cm³/mol. The number of hydrogen-bond donors (Lipinski definition) is 1. The highest BCUT2D eigenvalue weighted by Gasteiger charge is 2.18. The molecule has 0 saturated heterocycles. The van der Waals surface area contributed by atoms with Crippen molar-refractivity contribution >= 4 is 33.9 Å². The van der Waals surface area contributed by atoms with E-state index in [1.165, 1.54) is 10.4 Å². The Kier molecular flexibility index (Phi) is 5.11. The van der Waals surface area contributed by atoms with Crippen molar-refractivity contribution in [1.29, 1.82) is 0 Å². The smallest absolute Gasteiger partial charge is 0.291 e. The van der Waals surface area contributed by atoms with Crippen molar-refractivity contribution < 1.29 is 13.7 Å². The summed E-state index contributed by atoms with van der Waals surface area (Å²) in [5.74, 6) is 1.05. The van der Waals surface area contributed by atoms with Gasteiger partial charge in [-0.2, -0.15) is 4.98 Å². The largest absolute Gasteiger partial charge is 0.451 e. The maximum Gasteiger partial charge on any atom is 0.291 e. The third-order valence-electron chi connectivity index (χ3n) is 5.39. The minimum Gasteiger partial charge on any atom is -0.451 e. The number of thiophene rings is 1. The first-order valence-electron chi connectivity index (χ1n) is 10.4. The standard InChI is InChI=1S/C25H21N3O3S/c1-4-16-6-11-20-19(13-16)15(3)22(30-20)24(29)26-18-9-7-17(8-10-18)25-27-23(28-31-25)21-12-5-14(2)32-21/h5-13H,4H2,1-3H3,(H,26,29). The Labute approximate surface area is 188 Å². The summed E-state index contributed by atoms with van der Waals surface area (Å²) < 4.78 is 11.2. The van der Waals surface area contributed by atoms with Gasteiger partial charge in [0.1, 0.15) is 5.58 Å². The highest BCUT2D eigenvalue weighted by Crippen LogP contribution is 2.29. The van der Waals surface area contributed by atoms with Gasteiger partial charge in [-0.25, -0.2) is 0 Å². The molecule has 0 unspecified atom stereocenters. The number of nitrogens with one attached hydrogen (secondary N) is 1. The molecule has 0 aliphatic heterocycles. The molecule has 1 N–H and O–H groups in total. The molecule has 0 aliphatic rings. The van der Waals surface area contributed by atoms with Gasteiger partial charge in [0.25, 0.3) is 11.8 Å². The first kappa shape index (κ1) is 20.2. The van der Waals surface area contributed by atoms with Gasteiger partial charge in [-0.15, -0.1) is 11.3 Å². The summed E-state index contributed by atoms with van der Waals surface area (Å²) in [6, 6.07) is 17.3. The van der Waals surface area contributed by atoms with E-state index in [0.29, 0.717) is 28.7 Å². The minimum absolute atomic E-state index is 0.280. The number of hydrogen-bond acceptors (Lipinski definition) is 6. The monoisotopic (exact) mass is 443 g/mol. The van der Waals surface area contributed by atoms with Gasteiger partial charge in [-0.3, -0.25) is 4.79 Å². The second kappa shape index (κ2) is 8.09. The van der Waals surface area contributed by atoms with Crippen LogP contribution in [0.15, 0.2) is 63.5 Å². The lowest BCUT2D eigenvalue weighted by atomic mass is 10.1. The molecule has 5 rings (SSSR count). The van der Waals surface area contributed by atoms with E-state index in [1.54, 1.807) is 23.5 Å².